The van der Waals surface area contributed by atoms with Crippen LogP contribution >= 0.6 is 0 Å². The Morgan fingerprint density at radius 2 is 1.63 bits per heavy atom. The molecule has 0 saturated heterocycles. The summed E-state index contributed by atoms with van der Waals surface area (Å²) in [7, 11) is 5.67. The van der Waals surface area contributed by atoms with Crippen molar-refractivity contribution in [3.8, 4) is 0 Å². The molecule has 0 spiro atoms. The minimum Gasteiger partial charge on any atom is -0.399 e. The number of likely N-dealkylation sites (N-methyl/N-ethyl adjacent to an activating group) is 1. The van der Waals surface area contributed by atoms with Crippen molar-refractivity contribution in [2.24, 2.45) is 0 Å². The molecule has 1 unspecified atom stereocenters. The molecule has 0 radical (unpaired) electrons. The quantitative estimate of drug-likeness (QED) is 0.241. The number of hydrogen-bond donors (Lipinski definition) is 4. The molecule has 0 aliphatic carbocycles. The fourth-order valence-corrected chi connectivity index (χ4v) is 4.81. The zero-order chi connectivity index (χ0) is 24.9. The van der Waals surface area contributed by atoms with Crippen LogP contribution in [-0.4, -0.2) is 60.1 Å². The van der Waals surface area contributed by atoms with E-state index < -0.39 is 11.8 Å². The first-order valence-electron chi connectivity index (χ1n) is 11.3. The number of methoxy groups -OCH3 is 1. The number of nitrogens with one attached hydrogen (secondary N) is 2. The number of aromatic amines is 1. The second-order valence-corrected chi connectivity index (χ2v) is 9.13. The predicted octanol–water partition coefficient (Wildman–Crippen LogP) is 2.43. The molecule has 5 rings (SSSR count). The second-order valence-electron chi connectivity index (χ2n) is 9.13. The first-order valence-corrected chi connectivity index (χ1v) is 11.3. The number of hydrogen-bond acceptors (Lipinski definition) is 6. The molecule has 4 aromatic rings. The normalized spacial score (nSPS) is 15.1. The molecule has 2 amide bonds. The van der Waals surface area contributed by atoms with Crippen LogP contribution in [0.2, 0.25) is 0 Å². The zero-order valence-electron chi connectivity index (χ0n) is 19.9. The van der Waals surface area contributed by atoms with E-state index in [1.54, 1.807) is 25.4 Å². The van der Waals surface area contributed by atoms with Crippen LogP contribution in [0.3, 0.4) is 0 Å². The largest absolute Gasteiger partial charge is 0.399 e. The van der Waals surface area contributed by atoms with Crippen LogP contribution in [0.25, 0.3) is 33.0 Å². The maximum atomic E-state index is 13.2. The molecule has 9 nitrogen and oxygen atoms in total. The SMILES string of the molecule is COC(CN(C)C)Cn1cc(C2=C(c3c[nH]c4ccc(N)cc34)C(=O)NC2=O)c2cc(N)ccc21. The summed E-state index contributed by atoms with van der Waals surface area (Å²) in [4.78, 5) is 31.5. The minimum atomic E-state index is -0.444. The third kappa shape index (κ3) is 3.94. The molecule has 1 aliphatic heterocycles. The van der Waals surface area contributed by atoms with Gasteiger partial charge in [0.15, 0.2) is 0 Å². The van der Waals surface area contributed by atoms with Crippen molar-refractivity contribution < 1.29 is 14.3 Å². The van der Waals surface area contributed by atoms with Crippen molar-refractivity contribution >= 4 is 56.1 Å². The van der Waals surface area contributed by atoms with E-state index in [0.717, 1.165) is 28.4 Å². The molecule has 3 heterocycles. The zero-order valence-corrected chi connectivity index (χ0v) is 19.9. The maximum Gasteiger partial charge on any atom is 0.259 e. The number of amides is 2. The van der Waals surface area contributed by atoms with Crippen molar-refractivity contribution in [1.82, 2.24) is 19.8 Å². The number of carbonyl (C=O) groups excluding carboxylic acids is 2. The van der Waals surface area contributed by atoms with Crippen molar-refractivity contribution in [1.29, 1.82) is 0 Å². The van der Waals surface area contributed by atoms with Gasteiger partial charge in [-0.05, 0) is 50.5 Å². The lowest BCUT2D eigenvalue weighted by Gasteiger charge is -2.20. The number of imide groups is 1. The molecule has 6 N–H and O–H groups in total. The molecule has 9 heteroatoms. The van der Waals surface area contributed by atoms with Crippen molar-refractivity contribution in [3.05, 3.63) is 59.9 Å². The van der Waals surface area contributed by atoms with E-state index in [2.05, 4.69) is 19.8 Å². The summed E-state index contributed by atoms with van der Waals surface area (Å²) in [5, 5.41) is 4.05. The highest BCUT2D eigenvalue weighted by molar-refractivity contribution is 6.50. The summed E-state index contributed by atoms with van der Waals surface area (Å²) in [5.41, 5.74) is 16.9. The molecule has 1 aliphatic rings. The summed E-state index contributed by atoms with van der Waals surface area (Å²) >= 11 is 0. The first kappa shape index (κ1) is 22.7. The molecular weight excluding hydrogens is 444 g/mol. The topological polar surface area (TPSA) is 131 Å². The Bertz CT molecular complexity index is 1510. The number of carbonyl (C=O) groups is 2. The lowest BCUT2D eigenvalue weighted by Crippen LogP contribution is -2.31. The average Bonchev–Trinajstić information content (AvgIpc) is 3.45. The van der Waals surface area contributed by atoms with E-state index in [1.165, 1.54) is 0 Å². The van der Waals surface area contributed by atoms with Crippen molar-refractivity contribution in [2.75, 3.05) is 39.2 Å². The van der Waals surface area contributed by atoms with Crippen molar-refractivity contribution in [2.45, 2.75) is 12.6 Å². The van der Waals surface area contributed by atoms with E-state index in [4.69, 9.17) is 16.2 Å². The minimum absolute atomic E-state index is 0.0740. The average molecular weight is 473 g/mol. The summed E-state index contributed by atoms with van der Waals surface area (Å²) in [6.45, 7) is 1.29. The van der Waals surface area contributed by atoms with Crippen molar-refractivity contribution in [3.63, 3.8) is 0 Å². The maximum absolute atomic E-state index is 13.2. The summed E-state index contributed by atoms with van der Waals surface area (Å²) in [6.07, 6.45) is 3.57. The van der Waals surface area contributed by atoms with Gasteiger partial charge in [0.05, 0.1) is 23.8 Å². The predicted molar refractivity (Wildman–Crippen MR) is 138 cm³/mol. The van der Waals surface area contributed by atoms with E-state index in [1.807, 2.05) is 44.6 Å². The standard InChI is InChI=1S/C26H28N6O3/c1-31(2)11-16(35-3)12-32-13-20(18-9-15(28)5-7-22(18)32)24-23(25(33)30-26(24)34)19-10-29-21-6-4-14(27)8-17(19)21/h4-10,13,16,29H,11-12,27-28H2,1-3H3,(H,30,33,34). The molecular formula is C26H28N6O3. The number of benzene rings is 2. The van der Waals surface area contributed by atoms with Crippen LogP contribution in [-0.2, 0) is 20.9 Å². The lowest BCUT2D eigenvalue weighted by atomic mass is 9.95. The Kier molecular flexibility index (Phi) is 5.58. The molecule has 2 aromatic carbocycles. The van der Waals surface area contributed by atoms with Gasteiger partial charge in [0, 0.05) is 70.4 Å². The number of rotatable bonds is 7. The van der Waals surface area contributed by atoms with Gasteiger partial charge in [-0.25, -0.2) is 0 Å². The van der Waals surface area contributed by atoms with Crippen LogP contribution < -0.4 is 16.8 Å². The van der Waals surface area contributed by atoms with Crippen LogP contribution in [0.4, 0.5) is 11.4 Å². The Labute approximate surface area is 202 Å². The van der Waals surface area contributed by atoms with Gasteiger partial charge >= 0.3 is 0 Å². The fraction of sp³-hybridized carbons (Fsp3) is 0.231. The van der Waals surface area contributed by atoms with E-state index in [0.29, 0.717) is 40.2 Å². The van der Waals surface area contributed by atoms with E-state index in [-0.39, 0.29) is 6.10 Å². The number of anilines is 2. The van der Waals surface area contributed by atoms with Gasteiger partial charge in [-0.1, -0.05) is 0 Å². The lowest BCUT2D eigenvalue weighted by molar-refractivity contribution is -0.122. The number of aromatic nitrogens is 2. The highest BCUT2D eigenvalue weighted by Gasteiger charge is 2.35. The third-order valence-electron chi connectivity index (χ3n) is 6.38. The number of ether oxygens (including phenoxy) is 1. The summed E-state index contributed by atoms with van der Waals surface area (Å²) in [5.74, 6) is -0.887. The molecule has 0 saturated carbocycles. The van der Waals surface area contributed by atoms with Gasteiger partial charge in [0.25, 0.3) is 11.8 Å². The van der Waals surface area contributed by atoms with Crippen LogP contribution in [0, 0.1) is 0 Å². The molecule has 180 valence electrons. The van der Waals surface area contributed by atoms with Gasteiger partial charge in [0.1, 0.15) is 0 Å². The monoisotopic (exact) mass is 472 g/mol. The fourth-order valence-electron chi connectivity index (χ4n) is 4.81. The number of nitrogens with two attached hydrogens (primary N) is 2. The highest BCUT2D eigenvalue weighted by atomic mass is 16.5. The summed E-state index contributed by atoms with van der Waals surface area (Å²) < 4.78 is 7.75. The molecule has 1 atom stereocenters. The van der Waals surface area contributed by atoms with Gasteiger partial charge < -0.3 is 30.7 Å². The van der Waals surface area contributed by atoms with Crippen LogP contribution in [0.5, 0.6) is 0 Å². The highest BCUT2D eigenvalue weighted by Crippen LogP contribution is 2.39. The third-order valence-corrected chi connectivity index (χ3v) is 6.38. The Morgan fingerprint density at radius 3 is 2.31 bits per heavy atom. The van der Waals surface area contributed by atoms with Gasteiger partial charge in [-0.3, -0.25) is 14.9 Å². The van der Waals surface area contributed by atoms with E-state index in [9.17, 15) is 9.59 Å². The molecule has 2 aromatic heterocycles. The van der Waals surface area contributed by atoms with Crippen LogP contribution in [0.1, 0.15) is 11.1 Å². The Balaban J connectivity index is 1.73. The van der Waals surface area contributed by atoms with Crippen LogP contribution in [0.15, 0.2) is 48.8 Å². The number of fused-ring (bicyclic) bond motifs is 2. The number of nitrogens with zero attached hydrogens (tertiary/aromatic N) is 2. The first-order chi connectivity index (χ1) is 16.8. The van der Waals surface area contributed by atoms with Gasteiger partial charge in [-0.15, -0.1) is 0 Å². The van der Waals surface area contributed by atoms with Gasteiger partial charge in [-0.2, -0.15) is 0 Å². The molecule has 35 heavy (non-hydrogen) atoms. The summed E-state index contributed by atoms with van der Waals surface area (Å²) in [6, 6.07) is 11.0. The second kappa shape index (κ2) is 8.61. The number of nitrogen functional groups attached to an aromatic ring is 2. The number of H-pyrrole nitrogens is 1. The van der Waals surface area contributed by atoms with Gasteiger partial charge in [0.2, 0.25) is 0 Å². The Hall–Kier alpha value is -4.08. The Morgan fingerprint density at radius 1 is 0.971 bits per heavy atom. The molecule has 0 fully saturated rings. The molecule has 0 bridgehead atoms. The van der Waals surface area contributed by atoms with E-state index >= 15 is 0 Å². The smallest absolute Gasteiger partial charge is 0.259 e.